The fraction of sp³-hybridized carbons (Fsp3) is 0.571. The minimum Gasteiger partial charge on any atom is -0.480 e. The third kappa shape index (κ3) is 4.31. The maximum Gasteiger partial charge on any atom is 0.333 e. The number of nitrogens with two attached hydrogens (primary N) is 2. The summed E-state index contributed by atoms with van der Waals surface area (Å²) in [6.45, 7) is 2.05. The lowest BCUT2D eigenvalue weighted by molar-refractivity contribution is -0.159. The van der Waals surface area contributed by atoms with Gasteiger partial charge in [-0.15, -0.1) is 0 Å². The molecule has 0 spiro atoms. The van der Waals surface area contributed by atoms with Crippen LogP contribution >= 0.6 is 0 Å². The minimum absolute atomic E-state index is 0.209. The van der Waals surface area contributed by atoms with Gasteiger partial charge in [-0.25, -0.2) is 4.79 Å². The van der Waals surface area contributed by atoms with Crippen molar-refractivity contribution in [2.75, 3.05) is 0 Å². The molecule has 0 rings (SSSR count). The van der Waals surface area contributed by atoms with E-state index in [4.69, 9.17) is 21.7 Å². The molecule has 0 aliphatic heterocycles. The van der Waals surface area contributed by atoms with Crippen LogP contribution in [0.2, 0.25) is 0 Å². The summed E-state index contributed by atoms with van der Waals surface area (Å²) in [7, 11) is 0. The van der Waals surface area contributed by atoms with Crippen molar-refractivity contribution in [2.45, 2.75) is 45.4 Å². The van der Waals surface area contributed by atoms with Crippen molar-refractivity contribution in [3.8, 4) is 0 Å². The molecule has 0 aliphatic rings. The molecule has 0 atom stereocenters. The van der Waals surface area contributed by atoms with E-state index in [1.807, 2.05) is 6.92 Å². The fourth-order valence-electron chi connectivity index (χ4n) is 2.11. The molecule has 0 radical (unpaired) electrons. The summed E-state index contributed by atoms with van der Waals surface area (Å²) in [6, 6.07) is 0. The average molecular weight is 314 g/mol. The standard InChI is InChI=1S/C14H22N2O6/c1-2-3-4-5-6-7-8-9(10(17)18)14(11(15)19,12(16)20)13(21)22/h8H,2-7H2,1H3,(H2,15,19)(H2,16,20)(H,17,18)(H,21,22). The van der Waals surface area contributed by atoms with Crippen LogP contribution in [0.1, 0.15) is 45.4 Å². The average Bonchev–Trinajstić information content (AvgIpc) is 2.39. The first-order valence-corrected chi connectivity index (χ1v) is 7.00. The van der Waals surface area contributed by atoms with Crippen molar-refractivity contribution in [3.63, 3.8) is 0 Å². The smallest absolute Gasteiger partial charge is 0.333 e. The second-order valence-electron chi connectivity index (χ2n) is 4.91. The number of allylic oxidation sites excluding steroid dienone is 1. The summed E-state index contributed by atoms with van der Waals surface area (Å²) in [5.41, 5.74) is 5.95. The Labute approximate surface area is 128 Å². The first-order valence-electron chi connectivity index (χ1n) is 7.00. The molecule has 0 aromatic rings. The van der Waals surface area contributed by atoms with Crippen molar-refractivity contribution in [3.05, 3.63) is 11.6 Å². The highest BCUT2D eigenvalue weighted by Crippen LogP contribution is 2.29. The Hall–Kier alpha value is -2.38. The lowest BCUT2D eigenvalue weighted by Crippen LogP contribution is -2.55. The van der Waals surface area contributed by atoms with Gasteiger partial charge in [0.05, 0.1) is 5.57 Å². The number of unbranched alkanes of at least 4 members (excludes halogenated alkanes) is 5. The summed E-state index contributed by atoms with van der Waals surface area (Å²) in [6.07, 6.45) is 5.72. The van der Waals surface area contributed by atoms with Crippen molar-refractivity contribution < 1.29 is 29.4 Å². The van der Waals surface area contributed by atoms with Gasteiger partial charge < -0.3 is 21.7 Å². The molecule has 0 saturated carbocycles. The van der Waals surface area contributed by atoms with Crippen molar-refractivity contribution >= 4 is 23.8 Å². The van der Waals surface area contributed by atoms with Crippen LogP contribution in [0.5, 0.6) is 0 Å². The molecule has 22 heavy (non-hydrogen) atoms. The molecule has 124 valence electrons. The zero-order chi connectivity index (χ0) is 17.3. The van der Waals surface area contributed by atoms with Crippen LogP contribution in [0.25, 0.3) is 0 Å². The topological polar surface area (TPSA) is 161 Å². The van der Waals surface area contributed by atoms with Gasteiger partial charge in [-0.2, -0.15) is 0 Å². The summed E-state index contributed by atoms with van der Waals surface area (Å²) < 4.78 is 0. The summed E-state index contributed by atoms with van der Waals surface area (Å²) in [5, 5.41) is 18.3. The van der Waals surface area contributed by atoms with E-state index in [2.05, 4.69) is 0 Å². The van der Waals surface area contributed by atoms with E-state index in [0.29, 0.717) is 6.42 Å². The highest BCUT2D eigenvalue weighted by molar-refractivity contribution is 6.27. The molecule has 8 heteroatoms. The van der Waals surface area contributed by atoms with Gasteiger partial charge in [-0.1, -0.05) is 38.7 Å². The normalized spacial score (nSPS) is 12.0. The largest absolute Gasteiger partial charge is 0.480 e. The highest BCUT2D eigenvalue weighted by Gasteiger charge is 2.56. The van der Waals surface area contributed by atoms with E-state index in [9.17, 15) is 19.2 Å². The van der Waals surface area contributed by atoms with Crippen LogP contribution in [0.3, 0.4) is 0 Å². The molecule has 0 unspecified atom stereocenters. The van der Waals surface area contributed by atoms with Crippen molar-refractivity contribution in [1.29, 1.82) is 0 Å². The van der Waals surface area contributed by atoms with E-state index >= 15 is 0 Å². The molecular weight excluding hydrogens is 292 g/mol. The molecule has 2 amide bonds. The quantitative estimate of drug-likeness (QED) is 0.245. The van der Waals surface area contributed by atoms with E-state index in [-0.39, 0.29) is 6.42 Å². The van der Waals surface area contributed by atoms with Crippen LogP contribution in [-0.2, 0) is 19.2 Å². The molecule has 8 nitrogen and oxygen atoms in total. The number of carbonyl (C=O) groups excluding carboxylic acids is 2. The number of aliphatic carboxylic acids is 2. The van der Waals surface area contributed by atoms with Crippen LogP contribution in [0, 0.1) is 5.41 Å². The van der Waals surface area contributed by atoms with E-state index in [0.717, 1.165) is 31.8 Å². The number of hydrogen-bond donors (Lipinski definition) is 4. The molecule has 0 aromatic carbocycles. The predicted octanol–water partition coefficient (Wildman–Crippen LogP) is 0.400. The summed E-state index contributed by atoms with van der Waals surface area (Å²) in [4.78, 5) is 45.5. The number of carbonyl (C=O) groups is 4. The summed E-state index contributed by atoms with van der Waals surface area (Å²) >= 11 is 0. The van der Waals surface area contributed by atoms with Gasteiger partial charge in [0.2, 0.25) is 11.8 Å². The number of rotatable bonds is 11. The number of amides is 2. The SMILES string of the molecule is CCCCCCCC=C(C(=O)O)C(C(N)=O)(C(N)=O)C(=O)O. The molecule has 0 bridgehead atoms. The van der Waals surface area contributed by atoms with E-state index < -0.39 is 34.7 Å². The lowest BCUT2D eigenvalue weighted by Gasteiger charge is -2.23. The Kier molecular flexibility index (Phi) is 7.85. The van der Waals surface area contributed by atoms with Crippen LogP contribution in [-0.4, -0.2) is 34.0 Å². The van der Waals surface area contributed by atoms with Crippen LogP contribution < -0.4 is 11.5 Å². The van der Waals surface area contributed by atoms with Gasteiger partial charge in [0.1, 0.15) is 0 Å². The minimum atomic E-state index is -3.06. The number of carboxylic acids is 2. The van der Waals surface area contributed by atoms with Gasteiger partial charge >= 0.3 is 11.9 Å². The third-order valence-electron chi connectivity index (χ3n) is 3.35. The summed E-state index contributed by atoms with van der Waals surface area (Å²) in [5.74, 6) is -6.94. The zero-order valence-electron chi connectivity index (χ0n) is 12.5. The molecular formula is C14H22N2O6. The van der Waals surface area contributed by atoms with Crippen molar-refractivity contribution in [1.82, 2.24) is 0 Å². The molecule has 0 aromatic heterocycles. The van der Waals surface area contributed by atoms with Crippen LogP contribution in [0.15, 0.2) is 11.6 Å². The van der Waals surface area contributed by atoms with Gasteiger partial charge in [0.25, 0.3) is 5.41 Å². The highest BCUT2D eigenvalue weighted by atomic mass is 16.4. The lowest BCUT2D eigenvalue weighted by atomic mass is 9.77. The van der Waals surface area contributed by atoms with Gasteiger partial charge in [0.15, 0.2) is 0 Å². The number of primary amides is 2. The maximum atomic E-state index is 11.5. The third-order valence-corrected chi connectivity index (χ3v) is 3.35. The fourth-order valence-corrected chi connectivity index (χ4v) is 2.11. The molecule has 0 aliphatic carbocycles. The molecule has 0 heterocycles. The van der Waals surface area contributed by atoms with Gasteiger partial charge in [-0.05, 0) is 12.8 Å². The zero-order valence-corrected chi connectivity index (χ0v) is 12.5. The maximum absolute atomic E-state index is 11.5. The molecule has 0 fully saturated rings. The van der Waals surface area contributed by atoms with Crippen molar-refractivity contribution in [2.24, 2.45) is 16.9 Å². The first-order chi connectivity index (χ1) is 10.2. The van der Waals surface area contributed by atoms with E-state index in [1.165, 1.54) is 0 Å². The molecule has 0 saturated heterocycles. The van der Waals surface area contributed by atoms with E-state index in [1.54, 1.807) is 0 Å². The molecule has 6 N–H and O–H groups in total. The Morgan fingerprint density at radius 2 is 1.45 bits per heavy atom. The first kappa shape index (κ1) is 19.6. The predicted molar refractivity (Wildman–Crippen MR) is 77.6 cm³/mol. The monoisotopic (exact) mass is 314 g/mol. The second kappa shape index (κ2) is 8.81. The van der Waals surface area contributed by atoms with Gasteiger partial charge in [-0.3, -0.25) is 14.4 Å². The number of carboxylic acid groups (broad SMARTS) is 2. The Morgan fingerprint density at radius 1 is 0.955 bits per heavy atom. The second-order valence-corrected chi connectivity index (χ2v) is 4.91. The van der Waals surface area contributed by atoms with Gasteiger partial charge in [0, 0.05) is 0 Å². The Morgan fingerprint density at radius 3 is 1.82 bits per heavy atom. The van der Waals surface area contributed by atoms with Crippen LogP contribution in [0.4, 0.5) is 0 Å². The Bertz CT molecular complexity index is 448. The number of hydrogen-bond acceptors (Lipinski definition) is 4. The Balaban J connectivity index is 5.41.